The highest BCUT2D eigenvalue weighted by Gasteiger charge is 2.46. The number of fused-ring (bicyclic) bond motifs is 4. The van der Waals surface area contributed by atoms with Crippen molar-refractivity contribution >= 4 is 11.5 Å². The molecule has 1 aliphatic heterocycles. The molecule has 4 aliphatic rings. The summed E-state index contributed by atoms with van der Waals surface area (Å²) in [4.78, 5) is 17.2. The third-order valence-electron chi connectivity index (χ3n) is 8.05. The Labute approximate surface area is 163 Å². The molecule has 3 heteroatoms. The van der Waals surface area contributed by atoms with Gasteiger partial charge in [-0.25, -0.2) is 0 Å². The maximum atomic E-state index is 12.7. The first-order valence-corrected chi connectivity index (χ1v) is 10.8. The van der Waals surface area contributed by atoms with E-state index in [1.54, 1.807) is 4.90 Å². The lowest BCUT2D eigenvalue weighted by molar-refractivity contribution is -0.122. The largest absolute Gasteiger partial charge is 0.345 e. The van der Waals surface area contributed by atoms with E-state index in [1.807, 2.05) is 14.1 Å². The Bertz CT molecular complexity index is 772. The average molecular weight is 365 g/mol. The zero-order valence-electron chi connectivity index (χ0n) is 16.8. The summed E-state index contributed by atoms with van der Waals surface area (Å²) in [6, 6.07) is 9.55. The third-order valence-corrected chi connectivity index (χ3v) is 8.05. The predicted molar refractivity (Wildman–Crippen MR) is 109 cm³/mol. The molecule has 1 aromatic rings. The van der Waals surface area contributed by atoms with Gasteiger partial charge in [-0.15, -0.1) is 0 Å². The number of carbonyl (C=O) groups excluding carboxylic acids is 1. The summed E-state index contributed by atoms with van der Waals surface area (Å²) in [6.07, 6.45) is 11.6. The first kappa shape index (κ1) is 17.5. The summed E-state index contributed by atoms with van der Waals surface area (Å²) < 4.78 is 0. The molecule has 27 heavy (non-hydrogen) atoms. The molecule has 144 valence electrons. The van der Waals surface area contributed by atoms with Crippen LogP contribution < -0.4 is 0 Å². The number of nitrogens with zero attached hydrogens (tertiary/aromatic N) is 2. The monoisotopic (exact) mass is 364 g/mol. The highest BCUT2D eigenvalue weighted by Crippen LogP contribution is 2.50. The normalized spacial score (nSPS) is 31.6. The van der Waals surface area contributed by atoms with Crippen LogP contribution >= 0.6 is 0 Å². The molecule has 1 amide bonds. The Balaban J connectivity index is 1.38. The van der Waals surface area contributed by atoms with Gasteiger partial charge >= 0.3 is 0 Å². The van der Waals surface area contributed by atoms with Crippen LogP contribution in [0, 0.1) is 11.8 Å². The number of rotatable bonds is 2. The molecule has 3 atom stereocenters. The zero-order valence-corrected chi connectivity index (χ0v) is 16.8. The molecular formula is C24H32N2O. The molecule has 0 aromatic heterocycles. The number of benzene rings is 1. The molecule has 1 saturated heterocycles. The highest BCUT2D eigenvalue weighted by atomic mass is 16.2. The van der Waals surface area contributed by atoms with E-state index in [4.69, 9.17) is 0 Å². The first-order valence-electron chi connectivity index (χ1n) is 10.8. The van der Waals surface area contributed by atoms with Gasteiger partial charge in [0.15, 0.2) is 0 Å². The van der Waals surface area contributed by atoms with Crippen molar-refractivity contribution in [2.45, 2.75) is 56.4 Å². The molecule has 0 radical (unpaired) electrons. The number of hydrogen-bond acceptors (Lipinski definition) is 2. The molecule has 2 bridgehead atoms. The van der Waals surface area contributed by atoms with Gasteiger partial charge in [-0.2, -0.15) is 0 Å². The fraction of sp³-hybridized carbons (Fsp3) is 0.625. The van der Waals surface area contributed by atoms with Crippen LogP contribution in [-0.4, -0.2) is 48.9 Å². The summed E-state index contributed by atoms with van der Waals surface area (Å²) in [7, 11) is 3.70. The topological polar surface area (TPSA) is 23.6 Å². The quantitative estimate of drug-likeness (QED) is 0.789. The van der Waals surface area contributed by atoms with Crippen molar-refractivity contribution in [3.8, 4) is 0 Å². The van der Waals surface area contributed by atoms with Crippen LogP contribution in [0.2, 0.25) is 0 Å². The van der Waals surface area contributed by atoms with Gasteiger partial charge in [-0.05, 0) is 74.6 Å². The van der Waals surface area contributed by atoms with Crippen molar-refractivity contribution in [2.75, 3.05) is 27.2 Å². The van der Waals surface area contributed by atoms with Crippen LogP contribution in [0.4, 0.5) is 0 Å². The van der Waals surface area contributed by atoms with Gasteiger partial charge in [0.25, 0.3) is 5.91 Å². The SMILES string of the molecule is CN(C)C(=O)C1=CCC2(CCN(C3CC4CCC3C4)CC2)c2ccccc21. The Kier molecular flexibility index (Phi) is 4.19. The molecule has 3 unspecified atom stereocenters. The van der Waals surface area contributed by atoms with Gasteiger partial charge in [0, 0.05) is 31.1 Å². The number of hydrogen-bond donors (Lipinski definition) is 0. The molecule has 0 N–H and O–H groups in total. The van der Waals surface area contributed by atoms with E-state index in [0.29, 0.717) is 0 Å². The second-order valence-corrected chi connectivity index (χ2v) is 9.63. The van der Waals surface area contributed by atoms with Crippen LogP contribution in [0.1, 0.15) is 56.1 Å². The minimum Gasteiger partial charge on any atom is -0.345 e. The smallest absolute Gasteiger partial charge is 0.253 e. The number of likely N-dealkylation sites (N-methyl/N-ethyl adjacent to an activating group) is 1. The van der Waals surface area contributed by atoms with E-state index in [0.717, 1.165) is 29.9 Å². The Morgan fingerprint density at radius 3 is 2.56 bits per heavy atom. The van der Waals surface area contributed by atoms with E-state index in [-0.39, 0.29) is 11.3 Å². The summed E-state index contributed by atoms with van der Waals surface area (Å²) in [6.45, 7) is 2.46. The van der Waals surface area contributed by atoms with Crippen molar-refractivity contribution in [3.63, 3.8) is 0 Å². The number of carbonyl (C=O) groups is 1. The fourth-order valence-corrected chi connectivity index (χ4v) is 6.56. The van der Waals surface area contributed by atoms with Gasteiger partial charge in [0.1, 0.15) is 0 Å². The lowest BCUT2D eigenvalue weighted by Crippen LogP contribution is -2.49. The molecular weight excluding hydrogens is 332 g/mol. The number of amides is 1. The zero-order chi connectivity index (χ0) is 18.6. The standard InChI is InChI=1S/C24H32N2O/c1-25(2)23(27)20-9-10-24(21-6-4-3-5-19(20)21)11-13-26(14-12-24)22-16-17-7-8-18(22)15-17/h3-6,9,17-18,22H,7-8,10-16H2,1-2H3. The van der Waals surface area contributed by atoms with Crippen molar-refractivity contribution < 1.29 is 4.79 Å². The van der Waals surface area contributed by atoms with Crippen LogP contribution in [0.5, 0.6) is 0 Å². The number of allylic oxidation sites excluding steroid dienone is 1. The van der Waals surface area contributed by atoms with Gasteiger partial charge in [0.05, 0.1) is 0 Å². The van der Waals surface area contributed by atoms with Gasteiger partial charge < -0.3 is 9.80 Å². The second kappa shape index (κ2) is 6.48. The maximum Gasteiger partial charge on any atom is 0.253 e. The molecule has 1 aromatic carbocycles. The third kappa shape index (κ3) is 2.77. The lowest BCUT2D eigenvalue weighted by atomic mass is 9.65. The van der Waals surface area contributed by atoms with E-state index >= 15 is 0 Å². The molecule has 3 fully saturated rings. The first-order chi connectivity index (χ1) is 13.1. The summed E-state index contributed by atoms with van der Waals surface area (Å²) in [5.41, 5.74) is 3.73. The number of piperidine rings is 1. The van der Waals surface area contributed by atoms with E-state index in [1.165, 1.54) is 62.7 Å². The fourth-order valence-electron chi connectivity index (χ4n) is 6.56. The summed E-state index contributed by atoms with van der Waals surface area (Å²) >= 11 is 0. The minimum absolute atomic E-state index is 0.136. The van der Waals surface area contributed by atoms with Crippen molar-refractivity contribution in [1.29, 1.82) is 0 Å². The maximum absolute atomic E-state index is 12.7. The predicted octanol–water partition coefficient (Wildman–Crippen LogP) is 4.08. The Morgan fingerprint density at radius 2 is 1.89 bits per heavy atom. The molecule has 2 saturated carbocycles. The molecule has 5 rings (SSSR count). The van der Waals surface area contributed by atoms with E-state index in [2.05, 4.69) is 35.2 Å². The summed E-state index contributed by atoms with van der Waals surface area (Å²) in [5, 5.41) is 0. The Morgan fingerprint density at radius 1 is 1.11 bits per heavy atom. The molecule has 3 aliphatic carbocycles. The molecule has 1 heterocycles. The summed E-state index contributed by atoms with van der Waals surface area (Å²) in [5.74, 6) is 2.14. The van der Waals surface area contributed by atoms with Crippen LogP contribution in [0.3, 0.4) is 0 Å². The van der Waals surface area contributed by atoms with Gasteiger partial charge in [-0.3, -0.25) is 4.79 Å². The van der Waals surface area contributed by atoms with Crippen molar-refractivity contribution in [1.82, 2.24) is 9.80 Å². The van der Waals surface area contributed by atoms with Gasteiger partial charge in [-0.1, -0.05) is 36.8 Å². The van der Waals surface area contributed by atoms with Gasteiger partial charge in [0.2, 0.25) is 0 Å². The lowest BCUT2D eigenvalue weighted by Gasteiger charge is -2.47. The Hall–Kier alpha value is -1.61. The molecule has 3 nitrogen and oxygen atoms in total. The van der Waals surface area contributed by atoms with E-state index < -0.39 is 0 Å². The van der Waals surface area contributed by atoms with Crippen LogP contribution in [0.25, 0.3) is 5.57 Å². The van der Waals surface area contributed by atoms with Crippen molar-refractivity contribution in [2.24, 2.45) is 11.8 Å². The van der Waals surface area contributed by atoms with Crippen LogP contribution in [-0.2, 0) is 10.2 Å². The number of likely N-dealkylation sites (tertiary alicyclic amines) is 1. The van der Waals surface area contributed by atoms with Crippen molar-refractivity contribution in [3.05, 3.63) is 41.5 Å². The highest BCUT2D eigenvalue weighted by molar-refractivity contribution is 6.20. The van der Waals surface area contributed by atoms with Crippen LogP contribution in [0.15, 0.2) is 30.3 Å². The minimum atomic E-state index is 0.136. The second-order valence-electron chi connectivity index (χ2n) is 9.63. The average Bonchev–Trinajstić information content (AvgIpc) is 3.32. The van der Waals surface area contributed by atoms with E-state index in [9.17, 15) is 4.79 Å². The molecule has 1 spiro atoms.